The number of hydrogen-bond donors (Lipinski definition) is 3. The third-order valence-electron chi connectivity index (χ3n) is 6.04. The zero-order valence-corrected chi connectivity index (χ0v) is 19.7. The Kier molecular flexibility index (Phi) is 8.97. The van der Waals surface area contributed by atoms with Gasteiger partial charge in [-0.3, -0.25) is 4.99 Å². The van der Waals surface area contributed by atoms with E-state index in [0.717, 1.165) is 79.1 Å². The third kappa shape index (κ3) is 6.25. The fraction of sp³-hybridized carbons (Fsp3) is 0.393. The summed E-state index contributed by atoms with van der Waals surface area (Å²) >= 11 is 0. The summed E-state index contributed by atoms with van der Waals surface area (Å²) in [7, 11) is 0. The maximum absolute atomic E-state index is 6.53. The van der Waals surface area contributed by atoms with Crippen LogP contribution in [0.2, 0.25) is 0 Å². The second-order valence-electron chi connectivity index (χ2n) is 8.43. The van der Waals surface area contributed by atoms with Crippen molar-refractivity contribution in [3.63, 3.8) is 0 Å². The summed E-state index contributed by atoms with van der Waals surface area (Å²) in [5.41, 5.74) is 14.2. The maximum atomic E-state index is 6.53. The molecule has 4 nitrogen and oxygen atoms in total. The standard InChI is InChI=1S/C28H38N4/c1-4-19-30-27-18-12-11-15-24(27)21(3)32-28(25-16-7-6-8-17-26(25)29)31-20-23-14-10-9-13-22(23)5-2/h9-15,18,30H,3-8,16-17,19-20,29H2,1-2H3,(H,31,32). The van der Waals surface area contributed by atoms with Gasteiger partial charge < -0.3 is 16.4 Å². The minimum atomic E-state index is 0.631. The second-order valence-corrected chi connectivity index (χ2v) is 8.43. The molecule has 0 aromatic heterocycles. The van der Waals surface area contributed by atoms with E-state index in [1.165, 1.54) is 17.5 Å². The van der Waals surface area contributed by atoms with Gasteiger partial charge in [0.1, 0.15) is 5.84 Å². The Labute approximate surface area is 193 Å². The number of para-hydroxylation sites is 1. The van der Waals surface area contributed by atoms with E-state index >= 15 is 0 Å². The molecule has 0 aliphatic heterocycles. The van der Waals surface area contributed by atoms with Gasteiger partial charge in [-0.1, -0.05) is 69.3 Å². The first-order valence-corrected chi connectivity index (χ1v) is 12.0. The summed E-state index contributed by atoms with van der Waals surface area (Å²) in [6.07, 6.45) is 7.46. The highest BCUT2D eigenvalue weighted by atomic mass is 15.0. The molecule has 0 radical (unpaired) electrons. The number of aliphatic imine (C=N–C) groups is 1. The molecule has 1 aliphatic rings. The van der Waals surface area contributed by atoms with Gasteiger partial charge in [0.05, 0.1) is 6.54 Å². The SMILES string of the molecule is C=C(NC(=NCc1ccccc1CC)C1=C(N)CCCCC1)c1ccccc1NCCC. The van der Waals surface area contributed by atoms with Crippen LogP contribution in [0.5, 0.6) is 0 Å². The highest BCUT2D eigenvalue weighted by molar-refractivity contribution is 6.04. The van der Waals surface area contributed by atoms with Crippen LogP contribution in [0.4, 0.5) is 5.69 Å². The number of nitrogens with zero attached hydrogens (tertiary/aromatic N) is 1. The first-order chi connectivity index (χ1) is 15.6. The van der Waals surface area contributed by atoms with E-state index in [1.807, 2.05) is 6.07 Å². The Bertz CT molecular complexity index is 971. The number of nitrogens with two attached hydrogens (primary N) is 1. The van der Waals surface area contributed by atoms with Crippen molar-refractivity contribution < 1.29 is 0 Å². The molecule has 3 rings (SSSR count). The predicted molar refractivity (Wildman–Crippen MR) is 139 cm³/mol. The molecule has 0 heterocycles. The van der Waals surface area contributed by atoms with Crippen molar-refractivity contribution in [3.05, 3.63) is 83.1 Å². The highest BCUT2D eigenvalue weighted by Crippen LogP contribution is 2.25. The number of allylic oxidation sites excluding steroid dienone is 1. The average Bonchev–Trinajstić information content (AvgIpc) is 3.04. The Morgan fingerprint density at radius 2 is 1.69 bits per heavy atom. The minimum Gasteiger partial charge on any atom is -0.402 e. The normalized spacial score (nSPS) is 14.8. The lowest BCUT2D eigenvalue weighted by molar-refractivity contribution is 0.707. The summed E-state index contributed by atoms with van der Waals surface area (Å²) < 4.78 is 0. The van der Waals surface area contributed by atoms with Crippen LogP contribution in [0.25, 0.3) is 5.70 Å². The number of benzene rings is 2. The predicted octanol–water partition coefficient (Wildman–Crippen LogP) is 6.41. The molecule has 4 N–H and O–H groups in total. The fourth-order valence-corrected chi connectivity index (χ4v) is 4.18. The van der Waals surface area contributed by atoms with Crippen LogP contribution in [0.3, 0.4) is 0 Å². The van der Waals surface area contributed by atoms with E-state index in [1.54, 1.807) is 0 Å². The van der Waals surface area contributed by atoms with Crippen molar-refractivity contribution in [2.45, 2.75) is 65.3 Å². The number of aryl methyl sites for hydroxylation is 1. The molecule has 0 spiro atoms. The number of rotatable bonds is 9. The molecule has 0 atom stereocenters. The molecule has 0 fully saturated rings. The number of hydrogen-bond acceptors (Lipinski definition) is 3. The van der Waals surface area contributed by atoms with Crippen molar-refractivity contribution in [2.24, 2.45) is 10.7 Å². The molecule has 4 heteroatoms. The molecule has 0 amide bonds. The summed E-state index contributed by atoms with van der Waals surface area (Å²) in [5.74, 6) is 0.866. The van der Waals surface area contributed by atoms with Crippen LogP contribution in [0.1, 0.15) is 69.1 Å². The van der Waals surface area contributed by atoms with Crippen LogP contribution >= 0.6 is 0 Å². The Balaban J connectivity index is 1.92. The van der Waals surface area contributed by atoms with E-state index in [-0.39, 0.29) is 0 Å². The van der Waals surface area contributed by atoms with Gasteiger partial charge in [0.15, 0.2) is 0 Å². The van der Waals surface area contributed by atoms with Crippen LogP contribution in [-0.2, 0) is 13.0 Å². The Morgan fingerprint density at radius 3 is 2.47 bits per heavy atom. The summed E-state index contributed by atoms with van der Waals surface area (Å²) in [6, 6.07) is 16.8. The zero-order valence-electron chi connectivity index (χ0n) is 19.7. The second kappa shape index (κ2) is 12.1. The first-order valence-electron chi connectivity index (χ1n) is 12.0. The van der Waals surface area contributed by atoms with E-state index in [9.17, 15) is 0 Å². The van der Waals surface area contributed by atoms with E-state index in [2.05, 4.69) is 73.5 Å². The molecule has 0 bridgehead atoms. The van der Waals surface area contributed by atoms with Gasteiger partial charge in [0.2, 0.25) is 0 Å². The van der Waals surface area contributed by atoms with Crippen molar-refractivity contribution in [1.29, 1.82) is 0 Å². The van der Waals surface area contributed by atoms with Gasteiger partial charge in [-0.05, 0) is 55.7 Å². The minimum absolute atomic E-state index is 0.631. The molecule has 0 saturated heterocycles. The Morgan fingerprint density at radius 1 is 0.969 bits per heavy atom. The van der Waals surface area contributed by atoms with Crippen molar-refractivity contribution >= 4 is 17.2 Å². The molecule has 32 heavy (non-hydrogen) atoms. The van der Waals surface area contributed by atoms with Crippen LogP contribution in [-0.4, -0.2) is 12.4 Å². The van der Waals surface area contributed by atoms with E-state index in [0.29, 0.717) is 6.54 Å². The third-order valence-corrected chi connectivity index (χ3v) is 6.04. The van der Waals surface area contributed by atoms with Crippen LogP contribution in [0, 0.1) is 0 Å². The first kappa shape index (κ1) is 23.6. The van der Waals surface area contributed by atoms with Gasteiger partial charge in [-0.25, -0.2) is 0 Å². The molecule has 170 valence electrons. The van der Waals surface area contributed by atoms with Gasteiger partial charge in [0, 0.05) is 34.8 Å². The fourth-order valence-electron chi connectivity index (χ4n) is 4.18. The molecule has 0 saturated carbocycles. The quantitative estimate of drug-likeness (QED) is 0.318. The van der Waals surface area contributed by atoms with Crippen LogP contribution in [0.15, 0.2) is 71.4 Å². The van der Waals surface area contributed by atoms with Gasteiger partial charge >= 0.3 is 0 Å². The molecular formula is C28H38N4. The Hall–Kier alpha value is -3.01. The molecule has 2 aromatic carbocycles. The summed E-state index contributed by atoms with van der Waals surface area (Å²) in [5, 5.41) is 7.07. The molecule has 2 aromatic rings. The van der Waals surface area contributed by atoms with Gasteiger partial charge in [-0.2, -0.15) is 0 Å². The van der Waals surface area contributed by atoms with Crippen molar-refractivity contribution in [2.75, 3.05) is 11.9 Å². The summed E-state index contributed by atoms with van der Waals surface area (Å²) in [6.45, 7) is 10.3. The average molecular weight is 431 g/mol. The largest absolute Gasteiger partial charge is 0.402 e. The monoisotopic (exact) mass is 430 g/mol. The lowest BCUT2D eigenvalue weighted by Gasteiger charge is -2.19. The lowest BCUT2D eigenvalue weighted by Crippen LogP contribution is -2.26. The number of anilines is 1. The zero-order chi connectivity index (χ0) is 22.8. The van der Waals surface area contributed by atoms with Gasteiger partial charge in [0.25, 0.3) is 0 Å². The van der Waals surface area contributed by atoms with Crippen LogP contribution < -0.4 is 16.4 Å². The topological polar surface area (TPSA) is 62.4 Å². The van der Waals surface area contributed by atoms with Crippen molar-refractivity contribution in [1.82, 2.24) is 5.32 Å². The van der Waals surface area contributed by atoms with Crippen molar-refractivity contribution in [3.8, 4) is 0 Å². The maximum Gasteiger partial charge on any atom is 0.130 e. The van der Waals surface area contributed by atoms with Gasteiger partial charge in [-0.15, -0.1) is 0 Å². The number of amidine groups is 1. The smallest absolute Gasteiger partial charge is 0.130 e. The summed E-state index contributed by atoms with van der Waals surface area (Å²) in [4.78, 5) is 5.06. The lowest BCUT2D eigenvalue weighted by atomic mass is 10.0. The molecule has 1 aliphatic carbocycles. The molecular weight excluding hydrogens is 392 g/mol. The van der Waals surface area contributed by atoms with E-state index < -0.39 is 0 Å². The number of nitrogens with one attached hydrogen (secondary N) is 2. The van der Waals surface area contributed by atoms with E-state index in [4.69, 9.17) is 10.7 Å². The highest BCUT2D eigenvalue weighted by Gasteiger charge is 2.17. The molecule has 0 unspecified atom stereocenters.